The zero-order valence-corrected chi connectivity index (χ0v) is 11.4. The fourth-order valence-corrected chi connectivity index (χ4v) is 3.09. The van der Waals surface area contributed by atoms with Gasteiger partial charge in [-0.15, -0.1) is 0 Å². The van der Waals surface area contributed by atoms with Crippen LogP contribution in [0.15, 0.2) is 18.2 Å². The van der Waals surface area contributed by atoms with Gasteiger partial charge in [-0.25, -0.2) is 8.78 Å². The van der Waals surface area contributed by atoms with Crippen molar-refractivity contribution in [2.45, 2.75) is 38.4 Å². The molecule has 108 valence electrons. The Bertz CT molecular complexity index is 531. The predicted octanol–water partition coefficient (Wildman–Crippen LogP) is 2.58. The van der Waals surface area contributed by atoms with E-state index in [-0.39, 0.29) is 24.7 Å². The lowest BCUT2D eigenvalue weighted by Crippen LogP contribution is -2.44. The van der Waals surface area contributed by atoms with Gasteiger partial charge in [0.05, 0.1) is 6.54 Å². The monoisotopic (exact) mass is 280 g/mol. The van der Waals surface area contributed by atoms with E-state index in [4.69, 9.17) is 0 Å². The molecule has 1 aliphatic heterocycles. The molecule has 0 radical (unpaired) electrons. The van der Waals surface area contributed by atoms with Crippen molar-refractivity contribution < 1.29 is 13.6 Å². The highest BCUT2D eigenvalue weighted by Gasteiger charge is 2.39. The molecule has 0 aromatic heterocycles. The highest BCUT2D eigenvalue weighted by atomic mass is 19.2. The molecule has 20 heavy (non-hydrogen) atoms. The molecule has 1 N–H and O–H groups in total. The van der Waals surface area contributed by atoms with Crippen LogP contribution in [-0.2, 0) is 4.79 Å². The van der Waals surface area contributed by atoms with Gasteiger partial charge in [-0.3, -0.25) is 10.1 Å². The van der Waals surface area contributed by atoms with Gasteiger partial charge >= 0.3 is 0 Å². The highest BCUT2D eigenvalue weighted by molar-refractivity contribution is 5.81. The lowest BCUT2D eigenvalue weighted by molar-refractivity contribution is -0.131. The molecule has 1 aromatic rings. The van der Waals surface area contributed by atoms with Crippen molar-refractivity contribution in [2.75, 3.05) is 6.54 Å². The van der Waals surface area contributed by atoms with Gasteiger partial charge < -0.3 is 4.90 Å². The van der Waals surface area contributed by atoms with Crippen molar-refractivity contribution in [1.29, 1.82) is 0 Å². The first kappa shape index (κ1) is 13.5. The van der Waals surface area contributed by atoms with Gasteiger partial charge in [-0.2, -0.15) is 0 Å². The summed E-state index contributed by atoms with van der Waals surface area (Å²) in [6.45, 7) is 2.29. The van der Waals surface area contributed by atoms with Gasteiger partial charge in [-0.05, 0) is 43.4 Å². The van der Waals surface area contributed by atoms with Crippen LogP contribution >= 0.6 is 0 Å². The number of hydrogen-bond acceptors (Lipinski definition) is 2. The van der Waals surface area contributed by atoms with Crippen molar-refractivity contribution in [3.8, 4) is 0 Å². The Morgan fingerprint density at radius 2 is 2.05 bits per heavy atom. The van der Waals surface area contributed by atoms with Gasteiger partial charge in [0.15, 0.2) is 11.6 Å². The summed E-state index contributed by atoms with van der Waals surface area (Å²) < 4.78 is 26.4. The highest BCUT2D eigenvalue weighted by Crippen LogP contribution is 2.36. The number of amides is 1. The quantitative estimate of drug-likeness (QED) is 0.923. The molecular formula is C15H18F2N2O. The predicted molar refractivity (Wildman–Crippen MR) is 70.8 cm³/mol. The van der Waals surface area contributed by atoms with E-state index >= 15 is 0 Å². The molecule has 5 heteroatoms. The minimum Gasteiger partial charge on any atom is -0.319 e. The summed E-state index contributed by atoms with van der Waals surface area (Å²) in [6, 6.07) is 3.95. The summed E-state index contributed by atoms with van der Waals surface area (Å²) >= 11 is 0. The van der Waals surface area contributed by atoms with Crippen molar-refractivity contribution in [1.82, 2.24) is 10.2 Å². The molecule has 0 bridgehead atoms. The molecule has 1 saturated heterocycles. The standard InChI is InChI=1S/C15H18F2N2O/c1-9(10-3-2-4-10)19-14(20)8-18-15(19)11-5-6-12(16)13(17)7-11/h5-7,9-10,15,18H,2-4,8H2,1H3. The van der Waals surface area contributed by atoms with Crippen LogP contribution in [0, 0.1) is 17.6 Å². The maximum absolute atomic E-state index is 13.4. The first-order valence-electron chi connectivity index (χ1n) is 7.07. The number of benzene rings is 1. The summed E-state index contributed by atoms with van der Waals surface area (Å²) in [5.41, 5.74) is 0.598. The SMILES string of the molecule is CC(C1CCC1)N1C(=O)CNC1c1ccc(F)c(F)c1. The van der Waals surface area contributed by atoms with E-state index in [1.165, 1.54) is 18.6 Å². The van der Waals surface area contributed by atoms with Crippen LogP contribution in [0.1, 0.15) is 37.9 Å². The van der Waals surface area contributed by atoms with Crippen molar-refractivity contribution in [2.24, 2.45) is 5.92 Å². The summed E-state index contributed by atoms with van der Waals surface area (Å²) in [5, 5.41) is 3.09. The molecular weight excluding hydrogens is 262 g/mol. The first-order valence-corrected chi connectivity index (χ1v) is 7.07. The largest absolute Gasteiger partial charge is 0.319 e. The zero-order valence-electron chi connectivity index (χ0n) is 11.4. The van der Waals surface area contributed by atoms with E-state index in [0.717, 1.165) is 18.9 Å². The minimum absolute atomic E-state index is 0.0270. The summed E-state index contributed by atoms with van der Waals surface area (Å²) in [6.07, 6.45) is 3.12. The molecule has 2 fully saturated rings. The maximum Gasteiger partial charge on any atom is 0.238 e. The smallest absolute Gasteiger partial charge is 0.238 e. The van der Waals surface area contributed by atoms with Gasteiger partial charge in [0.1, 0.15) is 6.17 Å². The molecule has 2 atom stereocenters. The Kier molecular flexibility index (Phi) is 3.46. The van der Waals surface area contributed by atoms with E-state index in [2.05, 4.69) is 5.32 Å². The number of nitrogens with one attached hydrogen (secondary N) is 1. The van der Waals surface area contributed by atoms with E-state index < -0.39 is 11.6 Å². The number of carbonyl (C=O) groups excluding carboxylic acids is 1. The van der Waals surface area contributed by atoms with Crippen LogP contribution in [-0.4, -0.2) is 23.4 Å². The summed E-state index contributed by atoms with van der Waals surface area (Å²) in [5.74, 6) is -1.19. The van der Waals surface area contributed by atoms with Crippen molar-refractivity contribution in [3.63, 3.8) is 0 Å². The van der Waals surface area contributed by atoms with Crippen LogP contribution in [0.25, 0.3) is 0 Å². The minimum atomic E-state index is -0.875. The Balaban J connectivity index is 1.86. The fourth-order valence-electron chi connectivity index (χ4n) is 3.09. The average molecular weight is 280 g/mol. The van der Waals surface area contributed by atoms with Crippen LogP contribution < -0.4 is 5.32 Å². The zero-order chi connectivity index (χ0) is 14.3. The number of halogens is 2. The Morgan fingerprint density at radius 3 is 2.65 bits per heavy atom. The van der Waals surface area contributed by atoms with Gasteiger partial charge in [0.25, 0.3) is 0 Å². The molecule has 3 rings (SSSR count). The molecule has 1 saturated carbocycles. The van der Waals surface area contributed by atoms with E-state index in [1.807, 2.05) is 6.92 Å². The number of carbonyl (C=O) groups is 1. The summed E-state index contributed by atoms with van der Waals surface area (Å²) in [7, 11) is 0. The van der Waals surface area contributed by atoms with Gasteiger partial charge in [0.2, 0.25) is 5.91 Å². The third kappa shape index (κ3) is 2.20. The Hall–Kier alpha value is -1.49. The van der Waals surface area contributed by atoms with Gasteiger partial charge in [0, 0.05) is 6.04 Å². The van der Waals surface area contributed by atoms with Crippen LogP contribution in [0.5, 0.6) is 0 Å². The lowest BCUT2D eigenvalue weighted by atomic mass is 9.79. The molecule has 3 nitrogen and oxygen atoms in total. The molecule has 1 aromatic carbocycles. The topological polar surface area (TPSA) is 32.3 Å². The third-order valence-corrected chi connectivity index (χ3v) is 4.54. The second-order valence-electron chi connectivity index (χ2n) is 5.69. The molecule has 1 amide bonds. The number of nitrogens with zero attached hydrogens (tertiary/aromatic N) is 1. The van der Waals surface area contributed by atoms with Crippen molar-refractivity contribution in [3.05, 3.63) is 35.4 Å². The van der Waals surface area contributed by atoms with Gasteiger partial charge in [-0.1, -0.05) is 12.5 Å². The third-order valence-electron chi connectivity index (χ3n) is 4.54. The molecule has 1 heterocycles. The molecule has 1 aliphatic carbocycles. The summed E-state index contributed by atoms with van der Waals surface area (Å²) in [4.78, 5) is 13.9. The van der Waals surface area contributed by atoms with E-state index in [1.54, 1.807) is 4.90 Å². The van der Waals surface area contributed by atoms with E-state index in [0.29, 0.717) is 11.5 Å². The van der Waals surface area contributed by atoms with E-state index in [9.17, 15) is 13.6 Å². The first-order chi connectivity index (χ1) is 9.58. The lowest BCUT2D eigenvalue weighted by Gasteiger charge is -2.39. The fraction of sp³-hybridized carbons (Fsp3) is 0.533. The van der Waals surface area contributed by atoms with Crippen molar-refractivity contribution >= 4 is 5.91 Å². The molecule has 2 aliphatic rings. The average Bonchev–Trinajstić information content (AvgIpc) is 2.72. The molecule has 0 spiro atoms. The van der Waals surface area contributed by atoms with Crippen LogP contribution in [0.3, 0.4) is 0 Å². The maximum atomic E-state index is 13.4. The Morgan fingerprint density at radius 1 is 1.30 bits per heavy atom. The molecule has 2 unspecified atom stereocenters. The second kappa shape index (κ2) is 5.13. The van der Waals surface area contributed by atoms with Crippen LogP contribution in [0.4, 0.5) is 8.78 Å². The second-order valence-corrected chi connectivity index (χ2v) is 5.69. The Labute approximate surface area is 117 Å². The van der Waals surface area contributed by atoms with Crippen LogP contribution in [0.2, 0.25) is 0 Å². The normalized spacial score (nSPS) is 24.9. The number of rotatable bonds is 3. The number of hydrogen-bond donors (Lipinski definition) is 1.